The van der Waals surface area contributed by atoms with Crippen molar-refractivity contribution in [2.75, 3.05) is 0 Å². The molecule has 0 aliphatic rings. The minimum Gasteiger partial charge on any atom is -0.256 e. The fourth-order valence-corrected chi connectivity index (χ4v) is 5.87. The van der Waals surface area contributed by atoms with Gasteiger partial charge in [-0.05, 0) is 45.3 Å². The fourth-order valence-electron chi connectivity index (χ4n) is 5.87. The van der Waals surface area contributed by atoms with E-state index in [2.05, 4.69) is 138 Å². The average Bonchev–Trinajstić information content (AvgIpc) is 3.08. The zero-order valence-corrected chi connectivity index (χ0v) is 22.8. The number of pyridine rings is 1. The fraction of sp³-hybridized carbons (Fsp3) is 0. The van der Waals surface area contributed by atoms with Crippen molar-refractivity contribution in [1.82, 2.24) is 15.0 Å². The van der Waals surface area contributed by atoms with Crippen LogP contribution in [0.1, 0.15) is 0 Å². The Labute approximate surface area is 243 Å². The predicted octanol–water partition coefficient (Wildman–Crippen LogP) is 10.00. The zero-order chi connectivity index (χ0) is 27.9. The summed E-state index contributed by atoms with van der Waals surface area (Å²) in [5.41, 5.74) is 8.16. The molecule has 2 heterocycles. The van der Waals surface area contributed by atoms with Gasteiger partial charge in [0.05, 0.1) is 16.9 Å². The van der Waals surface area contributed by atoms with Gasteiger partial charge in [-0.3, -0.25) is 4.98 Å². The van der Waals surface area contributed by atoms with E-state index in [1.165, 1.54) is 21.5 Å². The number of para-hydroxylation sites is 1. The number of nitrogens with zero attached hydrogens (tertiary/aromatic N) is 3. The van der Waals surface area contributed by atoms with E-state index >= 15 is 0 Å². The third kappa shape index (κ3) is 4.20. The van der Waals surface area contributed by atoms with Gasteiger partial charge in [0.25, 0.3) is 0 Å². The first-order valence-corrected chi connectivity index (χ1v) is 14.1. The second kappa shape index (κ2) is 10.1. The lowest BCUT2D eigenvalue weighted by molar-refractivity contribution is 1.19. The van der Waals surface area contributed by atoms with E-state index in [0.717, 1.165) is 50.1 Å². The van der Waals surface area contributed by atoms with Crippen LogP contribution in [0, 0.1) is 0 Å². The van der Waals surface area contributed by atoms with Crippen LogP contribution in [-0.4, -0.2) is 15.0 Å². The van der Waals surface area contributed by atoms with Gasteiger partial charge < -0.3 is 0 Å². The summed E-state index contributed by atoms with van der Waals surface area (Å²) in [6.07, 6.45) is 1.85. The average molecular weight is 536 g/mol. The first kappa shape index (κ1) is 24.2. The van der Waals surface area contributed by atoms with Gasteiger partial charge in [-0.15, -0.1) is 0 Å². The lowest BCUT2D eigenvalue weighted by Gasteiger charge is -2.13. The highest BCUT2D eigenvalue weighted by Gasteiger charge is 2.15. The standard InChI is InChI=1S/C39H25N3/c1-2-10-27(11-3-1)36-25-37(35-24-30-12-4-5-15-31(30)33-16-6-7-17-34(33)35)42-39(41-36)29-21-19-26(20-22-29)32-18-8-13-28-14-9-23-40-38(28)32/h1-25H. The highest BCUT2D eigenvalue weighted by molar-refractivity contribution is 6.13. The Bertz CT molecular complexity index is 2230. The maximum absolute atomic E-state index is 5.19. The molecule has 0 radical (unpaired) electrons. The normalized spacial score (nSPS) is 11.3. The summed E-state index contributed by atoms with van der Waals surface area (Å²) in [4.78, 5) is 14.9. The van der Waals surface area contributed by atoms with Gasteiger partial charge in [0.1, 0.15) is 0 Å². The van der Waals surface area contributed by atoms with Crippen molar-refractivity contribution >= 4 is 32.4 Å². The van der Waals surface area contributed by atoms with Crippen LogP contribution in [-0.2, 0) is 0 Å². The van der Waals surface area contributed by atoms with E-state index < -0.39 is 0 Å². The van der Waals surface area contributed by atoms with Crippen LogP contribution in [0.15, 0.2) is 152 Å². The maximum Gasteiger partial charge on any atom is 0.160 e. The SMILES string of the molecule is c1ccc(-c2cc(-c3cc4ccccc4c4ccccc34)nc(-c3ccc(-c4cccc5cccnc45)cc3)n2)cc1. The summed E-state index contributed by atoms with van der Waals surface area (Å²) >= 11 is 0. The van der Waals surface area contributed by atoms with Crippen molar-refractivity contribution < 1.29 is 0 Å². The molecule has 0 N–H and O–H groups in total. The smallest absolute Gasteiger partial charge is 0.160 e. The first-order chi connectivity index (χ1) is 20.8. The number of hydrogen-bond donors (Lipinski definition) is 0. The van der Waals surface area contributed by atoms with Crippen molar-refractivity contribution in [3.8, 4) is 45.0 Å². The van der Waals surface area contributed by atoms with Crippen LogP contribution >= 0.6 is 0 Å². The van der Waals surface area contributed by atoms with E-state index in [9.17, 15) is 0 Å². The number of fused-ring (bicyclic) bond motifs is 4. The molecule has 3 nitrogen and oxygen atoms in total. The van der Waals surface area contributed by atoms with Crippen molar-refractivity contribution in [3.05, 3.63) is 152 Å². The Hall–Kier alpha value is -5.67. The van der Waals surface area contributed by atoms with Crippen molar-refractivity contribution in [2.24, 2.45) is 0 Å². The van der Waals surface area contributed by atoms with Crippen molar-refractivity contribution in [1.29, 1.82) is 0 Å². The Morgan fingerprint density at radius 1 is 0.381 bits per heavy atom. The molecule has 0 aliphatic carbocycles. The van der Waals surface area contributed by atoms with Crippen LogP contribution in [0.25, 0.3) is 77.5 Å². The molecule has 6 aromatic carbocycles. The van der Waals surface area contributed by atoms with Gasteiger partial charge in [-0.1, -0.05) is 127 Å². The van der Waals surface area contributed by atoms with Gasteiger partial charge in [-0.25, -0.2) is 9.97 Å². The minimum absolute atomic E-state index is 0.700. The molecule has 0 amide bonds. The van der Waals surface area contributed by atoms with E-state index in [4.69, 9.17) is 9.97 Å². The van der Waals surface area contributed by atoms with Gasteiger partial charge in [-0.2, -0.15) is 0 Å². The Balaban J connectivity index is 1.31. The van der Waals surface area contributed by atoms with Gasteiger partial charge >= 0.3 is 0 Å². The Morgan fingerprint density at radius 3 is 1.90 bits per heavy atom. The summed E-state index contributed by atoms with van der Waals surface area (Å²) in [5.74, 6) is 0.700. The predicted molar refractivity (Wildman–Crippen MR) is 174 cm³/mol. The molecule has 3 heteroatoms. The molecule has 0 saturated carbocycles. The topological polar surface area (TPSA) is 38.7 Å². The molecule has 8 rings (SSSR count). The first-order valence-electron chi connectivity index (χ1n) is 14.1. The van der Waals surface area contributed by atoms with Gasteiger partial charge in [0.2, 0.25) is 0 Å². The third-order valence-corrected chi connectivity index (χ3v) is 7.93. The number of benzene rings is 6. The van der Waals surface area contributed by atoms with Crippen LogP contribution in [0.4, 0.5) is 0 Å². The van der Waals surface area contributed by atoms with E-state index in [0.29, 0.717) is 5.82 Å². The maximum atomic E-state index is 5.19. The lowest BCUT2D eigenvalue weighted by atomic mass is 9.95. The molecule has 0 fully saturated rings. The zero-order valence-electron chi connectivity index (χ0n) is 22.8. The molecule has 8 aromatic rings. The molecule has 0 atom stereocenters. The highest BCUT2D eigenvalue weighted by Crippen LogP contribution is 2.36. The summed E-state index contributed by atoms with van der Waals surface area (Å²) in [5, 5.41) is 5.97. The minimum atomic E-state index is 0.700. The Kier molecular flexibility index (Phi) is 5.79. The third-order valence-electron chi connectivity index (χ3n) is 7.93. The molecule has 196 valence electrons. The Morgan fingerprint density at radius 2 is 1.05 bits per heavy atom. The van der Waals surface area contributed by atoms with Crippen LogP contribution in [0.5, 0.6) is 0 Å². The molecule has 0 bridgehead atoms. The number of aromatic nitrogens is 3. The molecule has 0 unspecified atom stereocenters. The van der Waals surface area contributed by atoms with Gasteiger partial charge in [0.15, 0.2) is 5.82 Å². The largest absolute Gasteiger partial charge is 0.256 e. The molecular formula is C39H25N3. The lowest BCUT2D eigenvalue weighted by Crippen LogP contribution is -1.97. The number of rotatable bonds is 4. The van der Waals surface area contributed by atoms with E-state index in [1.807, 2.05) is 18.3 Å². The molecule has 42 heavy (non-hydrogen) atoms. The van der Waals surface area contributed by atoms with Crippen LogP contribution < -0.4 is 0 Å². The van der Waals surface area contributed by atoms with Gasteiger partial charge in [0, 0.05) is 33.8 Å². The number of hydrogen-bond acceptors (Lipinski definition) is 3. The van der Waals surface area contributed by atoms with Crippen LogP contribution in [0.3, 0.4) is 0 Å². The summed E-state index contributed by atoms with van der Waals surface area (Å²) in [6, 6.07) is 50.7. The summed E-state index contributed by atoms with van der Waals surface area (Å²) in [6.45, 7) is 0. The highest BCUT2D eigenvalue weighted by atomic mass is 14.9. The molecule has 0 spiro atoms. The second-order valence-corrected chi connectivity index (χ2v) is 10.5. The van der Waals surface area contributed by atoms with Crippen LogP contribution in [0.2, 0.25) is 0 Å². The molecule has 0 aliphatic heterocycles. The van der Waals surface area contributed by atoms with Crippen molar-refractivity contribution in [2.45, 2.75) is 0 Å². The quantitative estimate of drug-likeness (QED) is 0.211. The summed E-state index contributed by atoms with van der Waals surface area (Å²) in [7, 11) is 0. The molecular weight excluding hydrogens is 510 g/mol. The molecule has 2 aromatic heterocycles. The van der Waals surface area contributed by atoms with Crippen molar-refractivity contribution in [3.63, 3.8) is 0 Å². The second-order valence-electron chi connectivity index (χ2n) is 10.5. The van der Waals surface area contributed by atoms with E-state index in [1.54, 1.807) is 0 Å². The summed E-state index contributed by atoms with van der Waals surface area (Å²) < 4.78 is 0. The monoisotopic (exact) mass is 535 g/mol. The van der Waals surface area contributed by atoms with E-state index in [-0.39, 0.29) is 0 Å². The molecule has 0 saturated heterocycles.